The van der Waals surface area contributed by atoms with E-state index in [9.17, 15) is 0 Å². The third-order valence-electron chi connectivity index (χ3n) is 4.76. The molecule has 0 aliphatic carbocycles. The van der Waals surface area contributed by atoms with Crippen LogP contribution < -0.4 is 10.6 Å². The minimum Gasteiger partial charge on any atom is -0.361 e. The van der Waals surface area contributed by atoms with Crippen LogP contribution in [0.25, 0.3) is 0 Å². The van der Waals surface area contributed by atoms with Gasteiger partial charge in [-0.2, -0.15) is 0 Å². The Balaban J connectivity index is 0.00000140. The van der Waals surface area contributed by atoms with E-state index in [2.05, 4.69) is 49.4 Å². The van der Waals surface area contributed by atoms with Crippen LogP contribution in [0.5, 0.6) is 0 Å². The Kier molecular flexibility index (Phi) is 8.23. The molecule has 6 nitrogen and oxygen atoms in total. The van der Waals surface area contributed by atoms with Crippen molar-refractivity contribution in [2.24, 2.45) is 0 Å². The number of rotatable bonds is 5. The number of fused-ring (bicyclic) bond motifs is 1. The number of benzene rings is 1. The van der Waals surface area contributed by atoms with E-state index in [1.54, 1.807) is 0 Å². The highest BCUT2D eigenvalue weighted by molar-refractivity contribution is 5.85. The van der Waals surface area contributed by atoms with Crippen molar-refractivity contribution in [2.75, 3.05) is 18.4 Å². The second-order valence-electron chi connectivity index (χ2n) is 6.66. The second kappa shape index (κ2) is 10.4. The molecule has 0 fully saturated rings. The molecule has 28 heavy (non-hydrogen) atoms. The Labute approximate surface area is 178 Å². The van der Waals surface area contributed by atoms with Gasteiger partial charge in [0.1, 0.15) is 11.6 Å². The Morgan fingerprint density at radius 1 is 1.11 bits per heavy atom. The van der Waals surface area contributed by atoms with Crippen molar-refractivity contribution in [2.45, 2.75) is 32.4 Å². The molecule has 3 aromatic rings. The first-order valence-corrected chi connectivity index (χ1v) is 9.14. The molecule has 0 saturated heterocycles. The van der Waals surface area contributed by atoms with Gasteiger partial charge in [-0.1, -0.05) is 30.3 Å². The van der Waals surface area contributed by atoms with Crippen molar-refractivity contribution in [3.63, 3.8) is 0 Å². The largest absolute Gasteiger partial charge is 0.361 e. The maximum Gasteiger partial charge on any atom is 0.133 e. The van der Waals surface area contributed by atoms with E-state index in [-0.39, 0.29) is 30.9 Å². The normalized spacial score (nSPS) is 14.0. The number of hydrogen-bond donors (Lipinski definition) is 2. The molecule has 150 valence electrons. The highest BCUT2D eigenvalue weighted by Gasteiger charge is 2.19. The predicted molar refractivity (Wildman–Crippen MR) is 117 cm³/mol. The molecule has 1 unspecified atom stereocenters. The van der Waals surface area contributed by atoms with Crippen LogP contribution in [0.2, 0.25) is 0 Å². The van der Waals surface area contributed by atoms with E-state index in [1.807, 2.05) is 31.7 Å². The van der Waals surface area contributed by atoms with Gasteiger partial charge < -0.3 is 15.2 Å². The van der Waals surface area contributed by atoms with Crippen LogP contribution in [0.3, 0.4) is 0 Å². The van der Waals surface area contributed by atoms with Gasteiger partial charge in [-0.15, -0.1) is 24.8 Å². The number of nitrogens with one attached hydrogen (secondary N) is 2. The number of anilines is 1. The molecule has 4 rings (SSSR count). The zero-order valence-corrected chi connectivity index (χ0v) is 17.5. The zero-order valence-electron chi connectivity index (χ0n) is 15.8. The molecule has 1 aliphatic heterocycles. The molecule has 1 atom stereocenters. The first kappa shape index (κ1) is 22.1. The highest BCUT2D eigenvalue weighted by Crippen LogP contribution is 2.25. The van der Waals surface area contributed by atoms with E-state index in [1.165, 1.54) is 16.8 Å². The minimum atomic E-state index is 0. The standard InChI is InChI=1S/C20H24N6.2ClH/c1-15-23-18-8-10-21-9-7-17(18)20(24-15)25-19(13-26-12-11-22-14-26)16-5-3-2-4-6-16;;/h2-6,11-12,14,19,21H,7-10,13H2,1H3,(H,23,24,25);2*1H. The van der Waals surface area contributed by atoms with Crippen molar-refractivity contribution in [3.8, 4) is 0 Å². The van der Waals surface area contributed by atoms with E-state index < -0.39 is 0 Å². The summed E-state index contributed by atoms with van der Waals surface area (Å²) in [7, 11) is 0. The molecule has 0 saturated carbocycles. The molecule has 2 N–H and O–H groups in total. The fourth-order valence-corrected chi connectivity index (χ4v) is 3.48. The van der Waals surface area contributed by atoms with Gasteiger partial charge in [0.25, 0.3) is 0 Å². The molecule has 1 aromatic carbocycles. The van der Waals surface area contributed by atoms with Crippen molar-refractivity contribution in [1.82, 2.24) is 24.8 Å². The number of halogens is 2. The lowest BCUT2D eigenvalue weighted by atomic mass is 10.0. The van der Waals surface area contributed by atoms with Crippen LogP contribution in [-0.2, 0) is 19.4 Å². The Morgan fingerprint density at radius 3 is 2.64 bits per heavy atom. The van der Waals surface area contributed by atoms with Crippen LogP contribution in [0, 0.1) is 6.92 Å². The minimum absolute atomic E-state index is 0. The lowest BCUT2D eigenvalue weighted by Gasteiger charge is -2.23. The molecular weight excluding hydrogens is 395 g/mol. The van der Waals surface area contributed by atoms with Crippen LogP contribution in [0.4, 0.5) is 5.82 Å². The van der Waals surface area contributed by atoms with Gasteiger partial charge in [-0.3, -0.25) is 0 Å². The molecule has 0 bridgehead atoms. The van der Waals surface area contributed by atoms with Crippen LogP contribution in [0.15, 0.2) is 49.1 Å². The highest BCUT2D eigenvalue weighted by atomic mass is 35.5. The first-order valence-electron chi connectivity index (χ1n) is 9.14. The molecule has 0 spiro atoms. The molecular formula is C20H26Cl2N6. The van der Waals surface area contributed by atoms with Gasteiger partial charge in [0.2, 0.25) is 0 Å². The number of imidazole rings is 1. The Bertz CT molecular complexity index is 855. The molecule has 0 radical (unpaired) electrons. The number of aryl methyl sites for hydroxylation is 1. The number of aromatic nitrogens is 4. The molecule has 8 heteroatoms. The molecule has 3 heterocycles. The summed E-state index contributed by atoms with van der Waals surface area (Å²) in [5.41, 5.74) is 3.64. The number of nitrogens with zero attached hydrogens (tertiary/aromatic N) is 4. The maximum absolute atomic E-state index is 4.75. The summed E-state index contributed by atoms with van der Waals surface area (Å²) in [4.78, 5) is 13.6. The second-order valence-corrected chi connectivity index (χ2v) is 6.66. The Morgan fingerprint density at radius 2 is 1.89 bits per heavy atom. The van der Waals surface area contributed by atoms with Gasteiger partial charge in [-0.05, 0) is 25.5 Å². The van der Waals surface area contributed by atoms with Crippen molar-refractivity contribution in [3.05, 3.63) is 71.7 Å². The van der Waals surface area contributed by atoms with Gasteiger partial charge >= 0.3 is 0 Å². The van der Waals surface area contributed by atoms with Crippen molar-refractivity contribution >= 4 is 30.6 Å². The van der Waals surface area contributed by atoms with Gasteiger partial charge in [0.05, 0.1) is 18.1 Å². The summed E-state index contributed by atoms with van der Waals surface area (Å²) in [6, 6.07) is 10.6. The quantitative estimate of drug-likeness (QED) is 0.661. The van der Waals surface area contributed by atoms with Gasteiger partial charge in [-0.25, -0.2) is 15.0 Å². The summed E-state index contributed by atoms with van der Waals surface area (Å²) in [6.45, 7) is 4.70. The van der Waals surface area contributed by atoms with Crippen molar-refractivity contribution < 1.29 is 0 Å². The third-order valence-corrected chi connectivity index (χ3v) is 4.76. The fourth-order valence-electron chi connectivity index (χ4n) is 3.48. The monoisotopic (exact) mass is 420 g/mol. The van der Waals surface area contributed by atoms with Crippen molar-refractivity contribution in [1.29, 1.82) is 0 Å². The van der Waals surface area contributed by atoms with Crippen LogP contribution in [0.1, 0.15) is 28.7 Å². The average molecular weight is 421 g/mol. The Hall–Kier alpha value is -2.15. The average Bonchev–Trinajstić information content (AvgIpc) is 3.05. The van der Waals surface area contributed by atoms with Crippen LogP contribution in [-0.4, -0.2) is 32.6 Å². The lowest BCUT2D eigenvalue weighted by molar-refractivity contribution is 0.604. The van der Waals surface area contributed by atoms with Crippen LogP contribution >= 0.6 is 24.8 Å². The summed E-state index contributed by atoms with van der Waals surface area (Å²) in [6.07, 6.45) is 7.56. The molecule has 0 amide bonds. The summed E-state index contributed by atoms with van der Waals surface area (Å²) >= 11 is 0. The summed E-state index contributed by atoms with van der Waals surface area (Å²) < 4.78 is 2.10. The zero-order chi connectivity index (χ0) is 17.8. The smallest absolute Gasteiger partial charge is 0.133 e. The van der Waals surface area contributed by atoms with E-state index >= 15 is 0 Å². The van der Waals surface area contributed by atoms with E-state index in [0.29, 0.717) is 0 Å². The SMILES string of the molecule is Cc1nc2c(c(NC(Cn3ccnc3)c3ccccc3)n1)CCNCC2.Cl.Cl. The molecule has 2 aromatic heterocycles. The fraction of sp³-hybridized carbons (Fsp3) is 0.350. The topological polar surface area (TPSA) is 67.7 Å². The summed E-state index contributed by atoms with van der Waals surface area (Å²) in [5, 5.41) is 7.16. The first-order chi connectivity index (χ1) is 12.8. The van der Waals surface area contributed by atoms with E-state index in [4.69, 9.17) is 4.98 Å². The van der Waals surface area contributed by atoms with Gasteiger partial charge in [0, 0.05) is 37.5 Å². The third kappa shape index (κ3) is 5.22. The predicted octanol–water partition coefficient (Wildman–Crippen LogP) is 3.37. The van der Waals surface area contributed by atoms with Gasteiger partial charge in [0.15, 0.2) is 0 Å². The maximum atomic E-state index is 4.75. The molecule has 1 aliphatic rings. The lowest BCUT2D eigenvalue weighted by Crippen LogP contribution is -2.20. The summed E-state index contributed by atoms with van der Waals surface area (Å²) in [5.74, 6) is 1.78. The van der Waals surface area contributed by atoms with E-state index in [0.717, 1.165) is 44.1 Å². The number of hydrogen-bond acceptors (Lipinski definition) is 5.